The molecule has 2 atom stereocenters. The molecule has 2 unspecified atom stereocenters. The highest BCUT2D eigenvalue weighted by Gasteiger charge is 2.48. The quantitative estimate of drug-likeness (QED) is 0.591. The second-order valence-electron chi connectivity index (χ2n) is 8.15. The first kappa shape index (κ1) is 18.8. The van der Waals surface area contributed by atoms with E-state index in [2.05, 4.69) is 0 Å². The number of imide groups is 1. The maximum absolute atomic E-state index is 12.7. The summed E-state index contributed by atoms with van der Waals surface area (Å²) in [6.45, 7) is 0.832. The Morgan fingerprint density at radius 1 is 0.857 bits per heavy atom. The van der Waals surface area contributed by atoms with Gasteiger partial charge >= 0.3 is 0 Å². The van der Waals surface area contributed by atoms with Crippen molar-refractivity contribution < 1.29 is 19.2 Å². The van der Waals surface area contributed by atoms with E-state index in [1.165, 1.54) is 4.90 Å². The van der Waals surface area contributed by atoms with Crippen molar-refractivity contribution in [1.82, 2.24) is 9.80 Å². The first-order valence-corrected chi connectivity index (χ1v) is 10.3. The maximum atomic E-state index is 12.7. The monoisotopic (exact) mass is 382 g/mol. The summed E-state index contributed by atoms with van der Waals surface area (Å²) in [7, 11) is 0. The third kappa shape index (κ3) is 3.48. The minimum absolute atomic E-state index is 0.0793. The fourth-order valence-corrected chi connectivity index (χ4v) is 4.85. The lowest BCUT2D eigenvalue weighted by Gasteiger charge is -2.32. The number of piperidine rings is 1. The van der Waals surface area contributed by atoms with E-state index < -0.39 is 0 Å². The molecule has 148 valence electrons. The van der Waals surface area contributed by atoms with Crippen LogP contribution in [0, 0.1) is 17.8 Å². The van der Waals surface area contributed by atoms with Gasteiger partial charge in [-0.1, -0.05) is 43.2 Å². The number of benzene rings is 1. The molecule has 0 aromatic heterocycles. The number of hydrogen-bond acceptors (Lipinski definition) is 4. The van der Waals surface area contributed by atoms with Gasteiger partial charge < -0.3 is 4.90 Å². The van der Waals surface area contributed by atoms with E-state index >= 15 is 0 Å². The summed E-state index contributed by atoms with van der Waals surface area (Å²) in [5, 5.41) is 0. The Morgan fingerprint density at radius 3 is 2.00 bits per heavy atom. The van der Waals surface area contributed by atoms with E-state index in [1.54, 1.807) is 4.90 Å². The van der Waals surface area contributed by atoms with Gasteiger partial charge in [-0.2, -0.15) is 0 Å². The van der Waals surface area contributed by atoms with Crippen molar-refractivity contribution in [1.29, 1.82) is 0 Å². The fraction of sp³-hybridized carbons (Fsp3) is 0.545. The SMILES string of the molecule is O=C(c1ccccc1)C1CCN(C(=O)CN2C(=O)C3CCCCC3C2=O)CC1. The van der Waals surface area contributed by atoms with Crippen LogP contribution in [0.25, 0.3) is 0 Å². The molecule has 1 aromatic rings. The second-order valence-corrected chi connectivity index (χ2v) is 8.15. The van der Waals surface area contributed by atoms with Gasteiger partial charge in [0.25, 0.3) is 0 Å². The molecule has 0 radical (unpaired) electrons. The van der Waals surface area contributed by atoms with E-state index in [4.69, 9.17) is 0 Å². The topological polar surface area (TPSA) is 74.8 Å². The Labute approximate surface area is 164 Å². The van der Waals surface area contributed by atoms with E-state index in [-0.39, 0.29) is 47.8 Å². The Morgan fingerprint density at radius 2 is 1.43 bits per heavy atom. The summed E-state index contributed by atoms with van der Waals surface area (Å²) >= 11 is 0. The summed E-state index contributed by atoms with van der Waals surface area (Å²) < 4.78 is 0. The first-order valence-electron chi connectivity index (χ1n) is 10.3. The minimum Gasteiger partial charge on any atom is -0.341 e. The van der Waals surface area contributed by atoms with E-state index in [9.17, 15) is 19.2 Å². The van der Waals surface area contributed by atoms with Crippen LogP contribution in [0.15, 0.2) is 30.3 Å². The summed E-state index contributed by atoms with van der Waals surface area (Å²) in [5.74, 6) is -0.919. The molecule has 6 heteroatoms. The third-order valence-corrected chi connectivity index (χ3v) is 6.50. The highest BCUT2D eigenvalue weighted by atomic mass is 16.2. The smallest absolute Gasteiger partial charge is 0.242 e. The number of hydrogen-bond donors (Lipinski definition) is 0. The second kappa shape index (κ2) is 7.86. The molecule has 3 aliphatic rings. The van der Waals surface area contributed by atoms with Crippen molar-refractivity contribution in [3.63, 3.8) is 0 Å². The largest absolute Gasteiger partial charge is 0.341 e. The van der Waals surface area contributed by atoms with Crippen LogP contribution in [0.2, 0.25) is 0 Å². The molecule has 0 N–H and O–H groups in total. The van der Waals surface area contributed by atoms with E-state index in [0.29, 0.717) is 31.5 Å². The molecule has 1 saturated carbocycles. The average Bonchev–Trinajstić information content (AvgIpc) is 2.99. The van der Waals surface area contributed by atoms with Crippen molar-refractivity contribution in [3.05, 3.63) is 35.9 Å². The van der Waals surface area contributed by atoms with Gasteiger partial charge in [0.15, 0.2) is 5.78 Å². The van der Waals surface area contributed by atoms with E-state index in [0.717, 1.165) is 25.7 Å². The van der Waals surface area contributed by atoms with Crippen molar-refractivity contribution in [2.75, 3.05) is 19.6 Å². The van der Waals surface area contributed by atoms with E-state index in [1.807, 2.05) is 30.3 Å². The molecule has 3 fully saturated rings. The van der Waals surface area contributed by atoms with Crippen molar-refractivity contribution in [2.45, 2.75) is 38.5 Å². The number of Topliss-reactive ketones (excluding diaryl/α,β-unsaturated/α-hetero) is 1. The summed E-state index contributed by atoms with van der Waals surface area (Å²) in [4.78, 5) is 53.3. The predicted molar refractivity (Wildman–Crippen MR) is 102 cm³/mol. The van der Waals surface area contributed by atoms with Gasteiger partial charge in [0, 0.05) is 24.6 Å². The zero-order valence-electron chi connectivity index (χ0n) is 16.0. The molecule has 2 heterocycles. The molecule has 1 aliphatic carbocycles. The van der Waals surface area contributed by atoms with Crippen molar-refractivity contribution in [3.8, 4) is 0 Å². The zero-order chi connectivity index (χ0) is 19.7. The van der Waals surface area contributed by atoms with Gasteiger partial charge in [-0.25, -0.2) is 0 Å². The highest BCUT2D eigenvalue weighted by Crippen LogP contribution is 2.38. The van der Waals surface area contributed by atoms with Crippen LogP contribution in [-0.2, 0) is 14.4 Å². The molecular formula is C22H26N2O4. The van der Waals surface area contributed by atoms with Crippen LogP contribution in [0.3, 0.4) is 0 Å². The Hall–Kier alpha value is -2.50. The number of carbonyl (C=O) groups is 4. The predicted octanol–water partition coefficient (Wildman–Crippen LogP) is 2.28. The zero-order valence-corrected chi connectivity index (χ0v) is 16.0. The average molecular weight is 382 g/mol. The van der Waals surface area contributed by atoms with Gasteiger partial charge in [-0.15, -0.1) is 0 Å². The molecule has 2 saturated heterocycles. The third-order valence-electron chi connectivity index (χ3n) is 6.50. The lowest BCUT2D eigenvalue weighted by Crippen LogP contribution is -2.46. The number of rotatable bonds is 4. The van der Waals surface area contributed by atoms with Crippen LogP contribution in [-0.4, -0.2) is 52.9 Å². The number of ketones is 1. The van der Waals surface area contributed by atoms with Crippen molar-refractivity contribution in [2.24, 2.45) is 17.8 Å². The summed E-state index contributed by atoms with van der Waals surface area (Å²) in [6, 6.07) is 9.24. The Kier molecular flexibility index (Phi) is 5.29. The summed E-state index contributed by atoms with van der Waals surface area (Å²) in [5.41, 5.74) is 0.711. The normalized spacial score (nSPS) is 25.7. The lowest BCUT2D eigenvalue weighted by atomic mass is 9.81. The van der Waals surface area contributed by atoms with Gasteiger partial charge in [-0.05, 0) is 25.7 Å². The molecule has 4 rings (SSSR count). The van der Waals surface area contributed by atoms with Gasteiger partial charge in [-0.3, -0.25) is 24.1 Å². The van der Waals surface area contributed by atoms with Gasteiger partial charge in [0.1, 0.15) is 6.54 Å². The molecule has 3 amide bonds. The molecule has 2 aliphatic heterocycles. The minimum atomic E-state index is -0.219. The molecule has 6 nitrogen and oxygen atoms in total. The Balaban J connectivity index is 1.33. The molecule has 28 heavy (non-hydrogen) atoms. The number of amides is 3. The molecule has 1 aromatic carbocycles. The number of carbonyl (C=O) groups excluding carboxylic acids is 4. The van der Waals surface area contributed by atoms with Crippen LogP contribution < -0.4 is 0 Å². The number of nitrogens with zero attached hydrogens (tertiary/aromatic N) is 2. The first-order chi connectivity index (χ1) is 13.6. The number of fused-ring (bicyclic) bond motifs is 1. The lowest BCUT2D eigenvalue weighted by molar-refractivity contribution is -0.147. The van der Waals surface area contributed by atoms with Gasteiger partial charge in [0.05, 0.1) is 11.8 Å². The van der Waals surface area contributed by atoms with Crippen LogP contribution in [0.1, 0.15) is 48.9 Å². The highest BCUT2D eigenvalue weighted by molar-refractivity contribution is 6.07. The molecular weight excluding hydrogens is 356 g/mol. The standard InChI is InChI=1S/C22H26N2O4/c25-19(14-24-21(27)17-8-4-5-9-18(17)22(24)28)23-12-10-16(11-13-23)20(26)15-6-2-1-3-7-15/h1-3,6-7,16-18H,4-5,8-14H2. The molecule has 0 spiro atoms. The van der Waals surface area contributed by atoms with Crippen LogP contribution in [0.4, 0.5) is 0 Å². The fourth-order valence-electron chi connectivity index (χ4n) is 4.85. The maximum Gasteiger partial charge on any atom is 0.242 e. The van der Waals surface area contributed by atoms with Gasteiger partial charge in [0.2, 0.25) is 17.7 Å². The van der Waals surface area contributed by atoms with Crippen LogP contribution in [0.5, 0.6) is 0 Å². The Bertz CT molecular complexity index is 759. The molecule has 0 bridgehead atoms. The summed E-state index contributed by atoms with van der Waals surface area (Å²) in [6.07, 6.45) is 4.70. The van der Waals surface area contributed by atoms with Crippen molar-refractivity contribution >= 4 is 23.5 Å². The van der Waals surface area contributed by atoms with Crippen LogP contribution >= 0.6 is 0 Å². The number of likely N-dealkylation sites (tertiary alicyclic amines) is 2.